The summed E-state index contributed by atoms with van der Waals surface area (Å²) in [6.45, 7) is 2.30. The van der Waals surface area contributed by atoms with Crippen molar-refractivity contribution in [3.8, 4) is 0 Å². The second-order valence-corrected chi connectivity index (χ2v) is 6.68. The summed E-state index contributed by atoms with van der Waals surface area (Å²) in [5.74, 6) is -3.01. The monoisotopic (exact) mass is 380 g/mol. The van der Waals surface area contributed by atoms with Gasteiger partial charge in [0.25, 0.3) is 0 Å². The first-order chi connectivity index (χ1) is 11.5. The average Bonchev–Trinajstić information content (AvgIpc) is 2.52. The number of aromatic nitrogens is 2. The van der Waals surface area contributed by atoms with E-state index in [1.165, 1.54) is 0 Å². The van der Waals surface area contributed by atoms with Crippen molar-refractivity contribution in [3.63, 3.8) is 0 Å². The van der Waals surface area contributed by atoms with Gasteiger partial charge in [0.2, 0.25) is 0 Å². The lowest BCUT2D eigenvalue weighted by Crippen LogP contribution is -2.39. The number of benzene rings is 1. The minimum absolute atomic E-state index is 0.0663. The van der Waals surface area contributed by atoms with E-state index < -0.39 is 19.7 Å². The van der Waals surface area contributed by atoms with E-state index >= 15 is 0 Å². The van der Waals surface area contributed by atoms with Gasteiger partial charge in [0.05, 0.1) is 6.61 Å². The number of aryl methyl sites for hydroxylation is 1. The van der Waals surface area contributed by atoms with Crippen molar-refractivity contribution in [1.29, 1.82) is 0 Å². The first kappa shape index (κ1) is 21.0. The summed E-state index contributed by atoms with van der Waals surface area (Å²) in [5.41, 5.74) is 0.865. The minimum Gasteiger partial charge on any atom is -0.542 e. The summed E-state index contributed by atoms with van der Waals surface area (Å²) >= 11 is 0. The minimum atomic E-state index is -5.19. The Hall–Kier alpha value is -2.03. The Morgan fingerprint density at radius 2 is 1.96 bits per heavy atom. The molecule has 11 heteroatoms. The molecule has 1 aromatic heterocycles. The van der Waals surface area contributed by atoms with Gasteiger partial charge in [-0.1, -0.05) is 22.9 Å². The number of carbonyl (C=O) groups excluding carboxylic acids is 1. The van der Waals surface area contributed by atoms with E-state index in [2.05, 4.69) is 5.10 Å². The van der Waals surface area contributed by atoms with Crippen molar-refractivity contribution in [2.24, 2.45) is 0 Å². The highest BCUT2D eigenvalue weighted by Gasteiger charge is 2.28. The molecule has 2 rings (SSSR count). The number of halogens is 3. The number of nitrogens with zero attached hydrogens (tertiary/aromatic N) is 2. The zero-order valence-electron chi connectivity index (χ0n) is 13.1. The molecule has 0 aliphatic carbocycles. The first-order valence-corrected chi connectivity index (χ1v) is 8.81. The normalized spacial score (nSPS) is 13.6. The highest BCUT2D eigenvalue weighted by molar-refractivity contribution is 7.52. The van der Waals surface area contributed by atoms with E-state index in [-0.39, 0.29) is 12.8 Å². The fourth-order valence-corrected chi connectivity index (χ4v) is 2.67. The van der Waals surface area contributed by atoms with Gasteiger partial charge >= 0.3 is 13.8 Å². The Balaban J connectivity index is 0.000000381. The molecule has 0 bridgehead atoms. The van der Waals surface area contributed by atoms with E-state index in [1.807, 2.05) is 30.3 Å². The Labute approximate surface area is 141 Å². The van der Waals surface area contributed by atoms with E-state index in [4.69, 9.17) is 14.4 Å². The smallest absolute Gasteiger partial charge is 0.430 e. The van der Waals surface area contributed by atoms with Crippen LogP contribution in [0.4, 0.5) is 13.2 Å². The molecule has 1 aromatic carbocycles. The van der Waals surface area contributed by atoms with Gasteiger partial charge in [0.15, 0.2) is 12.7 Å². The molecule has 1 atom stereocenters. The fraction of sp³-hybridized carbons (Fsp3) is 0.357. The highest BCUT2D eigenvalue weighted by Crippen LogP contribution is 2.40. The molecule has 0 spiro atoms. The van der Waals surface area contributed by atoms with E-state index in [1.54, 1.807) is 17.8 Å². The molecule has 1 N–H and O–H groups in total. The average molecular weight is 380 g/mol. The lowest BCUT2D eigenvalue weighted by molar-refractivity contribution is -0.747. The van der Waals surface area contributed by atoms with Crippen LogP contribution in [0.5, 0.6) is 0 Å². The predicted octanol–water partition coefficient (Wildman–Crippen LogP) is 1.04. The molecule has 138 valence electrons. The number of alkyl halides is 3. The maximum absolute atomic E-state index is 11.5. The number of hydrogen-bond acceptors (Lipinski definition) is 5. The fourth-order valence-electron chi connectivity index (χ4n) is 1.68. The number of hydrogen-bond donors (Lipinski definition) is 1. The Kier molecular flexibility index (Phi) is 7.47. The van der Waals surface area contributed by atoms with E-state index in [0.717, 1.165) is 10.9 Å². The van der Waals surface area contributed by atoms with Crippen molar-refractivity contribution in [2.75, 3.05) is 12.8 Å². The summed E-state index contributed by atoms with van der Waals surface area (Å²) in [6, 6.07) is 9.68. The maximum Gasteiger partial charge on any atom is 0.430 e. The molecule has 7 nitrogen and oxygen atoms in total. The molecule has 1 unspecified atom stereocenters. The van der Waals surface area contributed by atoms with Crippen LogP contribution in [0, 0.1) is 0 Å². The number of carboxylic acids is 1. The Bertz CT molecular complexity index is 769. The van der Waals surface area contributed by atoms with Crippen molar-refractivity contribution in [1.82, 2.24) is 5.10 Å². The molecule has 0 aliphatic rings. The van der Waals surface area contributed by atoms with Gasteiger partial charge < -0.3 is 19.3 Å². The standard InChI is InChI=1S/C12H15N2O3P.C2HF3O2/c1-2-17-18(15,16)10-9-14-8-7-11-5-3-4-6-12(11)13-14;3-2(4,5)1(6)7/h3-8H,2,9-10H2,1H3;(H,6,7). The summed E-state index contributed by atoms with van der Waals surface area (Å²) in [5, 5.41) is 14.2. The lowest BCUT2D eigenvalue weighted by Gasteiger charge is -2.07. The van der Waals surface area contributed by atoms with Crippen LogP contribution >= 0.6 is 7.60 Å². The zero-order valence-corrected chi connectivity index (χ0v) is 14.0. The van der Waals surface area contributed by atoms with Gasteiger partial charge in [0.1, 0.15) is 17.6 Å². The van der Waals surface area contributed by atoms with Crippen LogP contribution in [0.2, 0.25) is 0 Å². The van der Waals surface area contributed by atoms with E-state index in [9.17, 15) is 22.6 Å². The highest BCUT2D eigenvalue weighted by atomic mass is 31.2. The van der Waals surface area contributed by atoms with Crippen molar-refractivity contribution < 1.29 is 41.7 Å². The number of carbonyl (C=O) groups is 1. The molecule has 2 aromatic rings. The Morgan fingerprint density at radius 1 is 1.36 bits per heavy atom. The summed E-state index contributed by atoms with van der Waals surface area (Å²) in [7, 11) is -3.48. The number of rotatable bonds is 5. The van der Waals surface area contributed by atoms with Gasteiger partial charge in [-0.2, -0.15) is 13.2 Å². The molecular weight excluding hydrogens is 364 g/mol. The van der Waals surface area contributed by atoms with Crippen LogP contribution in [-0.4, -0.2) is 34.9 Å². The molecule has 0 radical (unpaired) electrons. The van der Waals surface area contributed by atoms with Crippen molar-refractivity contribution in [2.45, 2.75) is 19.6 Å². The first-order valence-electron chi connectivity index (χ1n) is 7.05. The second-order valence-electron chi connectivity index (χ2n) is 4.70. The van der Waals surface area contributed by atoms with E-state index in [0.29, 0.717) is 6.54 Å². The summed E-state index contributed by atoms with van der Waals surface area (Å²) in [4.78, 5) is 18.3. The molecule has 0 saturated carbocycles. The van der Waals surface area contributed by atoms with Gasteiger partial charge in [0, 0.05) is 16.6 Å². The third kappa shape index (κ3) is 7.59. The summed E-state index contributed by atoms with van der Waals surface area (Å²) < 4.78 is 49.6. The van der Waals surface area contributed by atoms with Crippen molar-refractivity contribution in [3.05, 3.63) is 36.5 Å². The van der Waals surface area contributed by atoms with Crippen molar-refractivity contribution >= 4 is 24.5 Å². The molecule has 1 heterocycles. The third-order valence-electron chi connectivity index (χ3n) is 2.77. The van der Waals surface area contributed by atoms with Crippen LogP contribution in [0.15, 0.2) is 36.5 Å². The molecule has 0 fully saturated rings. The SMILES string of the molecule is CCOP(=O)(O)CC[n+]1ccc2ccccc2n1.O=C([O-])C(F)(F)F. The van der Waals surface area contributed by atoms with Gasteiger partial charge in [-0.05, 0) is 13.0 Å². The molecular formula is C14H16F3N2O5P. The quantitative estimate of drug-likeness (QED) is 0.614. The number of fused-ring (bicyclic) bond motifs is 1. The topological polar surface area (TPSA) is 103 Å². The van der Waals surface area contributed by atoms with Crippen LogP contribution in [0.25, 0.3) is 10.9 Å². The third-order valence-corrected chi connectivity index (χ3v) is 4.20. The molecule has 0 aliphatic heterocycles. The Morgan fingerprint density at radius 3 is 2.52 bits per heavy atom. The van der Waals surface area contributed by atoms with Gasteiger partial charge in [-0.25, -0.2) is 0 Å². The molecule has 25 heavy (non-hydrogen) atoms. The molecule has 0 saturated heterocycles. The van der Waals surface area contributed by atoms with Gasteiger partial charge in [-0.15, -0.1) is 0 Å². The van der Waals surface area contributed by atoms with Crippen LogP contribution < -0.4 is 9.79 Å². The van der Waals surface area contributed by atoms with Crippen LogP contribution in [-0.2, 0) is 20.4 Å². The number of carboxylic acid groups (broad SMARTS) is 1. The molecule has 0 amide bonds. The van der Waals surface area contributed by atoms with Gasteiger partial charge in [-0.3, -0.25) is 4.57 Å². The number of aliphatic carboxylic acids is 1. The second kappa shape index (κ2) is 8.89. The van der Waals surface area contributed by atoms with Crippen LogP contribution in [0.3, 0.4) is 0 Å². The zero-order chi connectivity index (χ0) is 19.1. The predicted molar refractivity (Wildman–Crippen MR) is 79.3 cm³/mol. The maximum atomic E-state index is 11.5. The largest absolute Gasteiger partial charge is 0.542 e. The summed E-state index contributed by atoms with van der Waals surface area (Å²) in [6.07, 6.45) is -3.33. The lowest BCUT2D eigenvalue weighted by atomic mass is 10.2. The van der Waals surface area contributed by atoms with Crippen LogP contribution in [0.1, 0.15) is 6.92 Å².